The molecule has 1 N–H and O–H groups in total. The van der Waals surface area contributed by atoms with Crippen LogP contribution in [-0.2, 0) is 17.8 Å². The second-order valence-electron chi connectivity index (χ2n) is 9.76. The molecule has 0 spiro atoms. The first kappa shape index (κ1) is 23.2. The maximum atomic E-state index is 12.9. The van der Waals surface area contributed by atoms with Gasteiger partial charge in [0, 0.05) is 41.6 Å². The molecule has 0 unspecified atom stereocenters. The minimum atomic E-state index is -0.319. The number of anilines is 1. The topological polar surface area (TPSA) is 115 Å². The zero-order valence-corrected chi connectivity index (χ0v) is 20.8. The van der Waals surface area contributed by atoms with Gasteiger partial charge in [0.2, 0.25) is 11.8 Å². The molecule has 1 aliphatic heterocycles. The number of rotatable bonds is 6. The molecule has 2 aliphatic rings. The van der Waals surface area contributed by atoms with E-state index in [0.29, 0.717) is 42.8 Å². The van der Waals surface area contributed by atoms with Crippen LogP contribution in [0.2, 0.25) is 0 Å². The van der Waals surface area contributed by atoms with E-state index in [2.05, 4.69) is 20.4 Å². The fourth-order valence-corrected chi connectivity index (χ4v) is 4.82. The van der Waals surface area contributed by atoms with Crippen LogP contribution in [0.4, 0.5) is 10.6 Å². The van der Waals surface area contributed by atoms with Gasteiger partial charge in [-0.25, -0.2) is 14.8 Å². The average Bonchev–Trinajstić information content (AvgIpc) is 3.49. The number of carbonyl (C=O) groups is 2. The zero-order valence-electron chi connectivity index (χ0n) is 20.8. The van der Waals surface area contributed by atoms with E-state index in [4.69, 9.17) is 9.26 Å². The lowest BCUT2D eigenvalue weighted by Crippen LogP contribution is -2.43. The molecular weight excluding hydrogens is 472 g/mol. The molecule has 1 saturated carbocycles. The molecule has 4 heterocycles. The summed E-state index contributed by atoms with van der Waals surface area (Å²) in [5, 5.41) is 7.60. The minimum absolute atomic E-state index is 0.0417. The number of fused-ring (bicyclic) bond motifs is 2. The summed E-state index contributed by atoms with van der Waals surface area (Å²) in [6, 6.07) is 8.89. The Morgan fingerprint density at radius 3 is 2.86 bits per heavy atom. The van der Waals surface area contributed by atoms with Crippen molar-refractivity contribution < 1.29 is 18.8 Å². The van der Waals surface area contributed by atoms with Gasteiger partial charge < -0.3 is 14.2 Å². The first-order valence-corrected chi connectivity index (χ1v) is 12.7. The highest BCUT2D eigenvalue weighted by Crippen LogP contribution is 2.40. The quantitative estimate of drug-likeness (QED) is 0.385. The highest BCUT2D eigenvalue weighted by Gasteiger charge is 2.30. The molecule has 190 valence electrons. The van der Waals surface area contributed by atoms with Gasteiger partial charge in [-0.1, -0.05) is 12.1 Å². The molecule has 1 aromatic carbocycles. The van der Waals surface area contributed by atoms with Crippen LogP contribution in [0.25, 0.3) is 10.9 Å². The van der Waals surface area contributed by atoms with Crippen LogP contribution in [0.1, 0.15) is 62.5 Å². The van der Waals surface area contributed by atoms with Gasteiger partial charge in [-0.3, -0.25) is 14.7 Å². The minimum Gasteiger partial charge on any atom is -0.439 e. The van der Waals surface area contributed by atoms with E-state index in [9.17, 15) is 9.59 Å². The number of hydrogen-bond acceptors (Lipinski definition) is 7. The number of aromatic nitrogens is 4. The van der Waals surface area contributed by atoms with Crippen LogP contribution in [0.3, 0.4) is 0 Å². The molecule has 3 aromatic heterocycles. The SMILES string of the molecule is CCCC(=O)N1Cc2ncnc(Oc3ccc4c(ccn4C(=O)Nc4cc(C5CC5)on4)c3)c2C[C@@H]1C. The fourth-order valence-electron chi connectivity index (χ4n) is 4.82. The van der Waals surface area contributed by atoms with Crippen LogP contribution in [0.15, 0.2) is 47.4 Å². The molecular formula is C27H28N6O4. The number of nitrogens with one attached hydrogen (secondary N) is 1. The van der Waals surface area contributed by atoms with Crippen LogP contribution in [-0.4, -0.2) is 42.6 Å². The van der Waals surface area contributed by atoms with Gasteiger partial charge in [0.25, 0.3) is 0 Å². The van der Waals surface area contributed by atoms with Gasteiger partial charge in [-0.15, -0.1) is 0 Å². The first-order valence-electron chi connectivity index (χ1n) is 12.7. The Labute approximate surface area is 213 Å². The third-order valence-electron chi connectivity index (χ3n) is 6.97. The van der Waals surface area contributed by atoms with Crippen molar-refractivity contribution in [3.05, 3.63) is 59.9 Å². The van der Waals surface area contributed by atoms with Crippen molar-refractivity contribution in [2.75, 3.05) is 5.32 Å². The Morgan fingerprint density at radius 1 is 1.19 bits per heavy atom. The van der Waals surface area contributed by atoms with Crippen molar-refractivity contribution in [1.82, 2.24) is 24.6 Å². The van der Waals surface area contributed by atoms with E-state index in [1.54, 1.807) is 12.3 Å². The summed E-state index contributed by atoms with van der Waals surface area (Å²) in [5.74, 6) is 2.90. The van der Waals surface area contributed by atoms with E-state index in [-0.39, 0.29) is 18.0 Å². The van der Waals surface area contributed by atoms with Crippen molar-refractivity contribution in [2.24, 2.45) is 0 Å². The molecule has 10 heteroatoms. The van der Waals surface area contributed by atoms with Crippen molar-refractivity contribution in [3.8, 4) is 11.6 Å². The van der Waals surface area contributed by atoms with Crippen molar-refractivity contribution >= 4 is 28.7 Å². The number of nitrogens with zero attached hydrogens (tertiary/aromatic N) is 5. The Hall–Kier alpha value is -4.21. The molecule has 1 aliphatic carbocycles. The van der Waals surface area contributed by atoms with Crippen molar-refractivity contribution in [3.63, 3.8) is 0 Å². The van der Waals surface area contributed by atoms with E-state index in [1.165, 1.54) is 10.9 Å². The van der Waals surface area contributed by atoms with Crippen molar-refractivity contribution in [1.29, 1.82) is 0 Å². The molecule has 1 fully saturated rings. The maximum absolute atomic E-state index is 12.9. The lowest BCUT2D eigenvalue weighted by atomic mass is 9.99. The highest BCUT2D eigenvalue weighted by molar-refractivity contribution is 5.98. The fraction of sp³-hybridized carbons (Fsp3) is 0.370. The molecule has 1 atom stereocenters. The molecule has 4 aromatic rings. The monoisotopic (exact) mass is 500 g/mol. The maximum Gasteiger partial charge on any atom is 0.331 e. The Morgan fingerprint density at radius 2 is 2.05 bits per heavy atom. The van der Waals surface area contributed by atoms with Crippen LogP contribution < -0.4 is 10.1 Å². The predicted molar refractivity (Wildman–Crippen MR) is 136 cm³/mol. The van der Waals surface area contributed by atoms with Crippen LogP contribution in [0.5, 0.6) is 11.6 Å². The second-order valence-corrected chi connectivity index (χ2v) is 9.76. The van der Waals surface area contributed by atoms with Gasteiger partial charge in [0.15, 0.2) is 5.82 Å². The second kappa shape index (κ2) is 9.34. The number of carbonyl (C=O) groups excluding carboxylic acids is 2. The molecule has 10 nitrogen and oxygen atoms in total. The smallest absolute Gasteiger partial charge is 0.331 e. The van der Waals surface area contributed by atoms with Gasteiger partial charge in [-0.2, -0.15) is 0 Å². The Balaban J connectivity index is 1.19. The summed E-state index contributed by atoms with van der Waals surface area (Å²) >= 11 is 0. The number of benzene rings is 1. The average molecular weight is 501 g/mol. The standard InChI is InChI=1S/C27H28N6O4/c1-3-4-25(34)33-14-21-20(11-16(33)2)26(29-15-28-21)36-19-7-8-22-18(12-19)9-10-32(22)27(35)30-24-13-23(37-31-24)17-5-6-17/h7-10,12-13,15-17H,3-6,11,14H2,1-2H3,(H,30,31,35)/t16-/m0/s1. The van der Waals surface area contributed by atoms with E-state index in [1.807, 2.05) is 43.0 Å². The molecule has 6 rings (SSSR count). The summed E-state index contributed by atoms with van der Waals surface area (Å²) in [4.78, 5) is 36.1. The number of hydrogen-bond donors (Lipinski definition) is 1. The lowest BCUT2D eigenvalue weighted by Gasteiger charge is -2.34. The number of amides is 2. The Bertz CT molecular complexity index is 1490. The third-order valence-corrected chi connectivity index (χ3v) is 6.97. The molecule has 37 heavy (non-hydrogen) atoms. The highest BCUT2D eigenvalue weighted by atomic mass is 16.5. The van der Waals surface area contributed by atoms with Gasteiger partial charge in [-0.05, 0) is 56.9 Å². The normalized spacial score (nSPS) is 17.0. The number of ether oxygens (including phenoxy) is 1. The van der Waals surface area contributed by atoms with Crippen molar-refractivity contribution in [2.45, 2.75) is 64.5 Å². The van der Waals surface area contributed by atoms with Gasteiger partial charge >= 0.3 is 6.03 Å². The van der Waals surface area contributed by atoms with Gasteiger partial charge in [0.1, 0.15) is 17.8 Å². The van der Waals surface area contributed by atoms with E-state index < -0.39 is 0 Å². The molecule has 0 saturated heterocycles. The summed E-state index contributed by atoms with van der Waals surface area (Å²) < 4.78 is 13.0. The van der Waals surface area contributed by atoms with E-state index in [0.717, 1.165) is 47.2 Å². The largest absolute Gasteiger partial charge is 0.439 e. The molecule has 0 radical (unpaired) electrons. The third kappa shape index (κ3) is 4.54. The lowest BCUT2D eigenvalue weighted by molar-refractivity contribution is -0.134. The zero-order chi connectivity index (χ0) is 25.5. The summed E-state index contributed by atoms with van der Waals surface area (Å²) in [5.41, 5.74) is 2.47. The van der Waals surface area contributed by atoms with Crippen LogP contribution >= 0.6 is 0 Å². The molecule has 2 amide bonds. The van der Waals surface area contributed by atoms with Crippen LogP contribution in [0, 0.1) is 0 Å². The van der Waals surface area contributed by atoms with E-state index >= 15 is 0 Å². The summed E-state index contributed by atoms with van der Waals surface area (Å²) in [6.07, 6.45) is 7.37. The Kier molecular flexibility index (Phi) is 5.86. The first-order chi connectivity index (χ1) is 18.0. The molecule has 0 bridgehead atoms. The van der Waals surface area contributed by atoms with Gasteiger partial charge in [0.05, 0.1) is 17.8 Å². The predicted octanol–water partition coefficient (Wildman–Crippen LogP) is 5.24. The summed E-state index contributed by atoms with van der Waals surface area (Å²) in [7, 11) is 0. The summed E-state index contributed by atoms with van der Waals surface area (Å²) in [6.45, 7) is 4.50.